The van der Waals surface area contributed by atoms with E-state index in [4.69, 9.17) is 4.52 Å². The molecule has 1 amide bonds. The van der Waals surface area contributed by atoms with Gasteiger partial charge in [-0.15, -0.1) is 0 Å². The zero-order chi connectivity index (χ0) is 19.8. The van der Waals surface area contributed by atoms with Crippen molar-refractivity contribution in [1.82, 2.24) is 25.3 Å². The molecule has 3 atom stereocenters. The fourth-order valence-corrected chi connectivity index (χ4v) is 5.24. The number of aromatic nitrogens is 3. The Morgan fingerprint density at radius 2 is 2.10 bits per heavy atom. The number of piperidine rings is 1. The highest BCUT2D eigenvalue weighted by Crippen LogP contribution is 2.38. The number of hydrogen-bond donors (Lipinski definition) is 2. The summed E-state index contributed by atoms with van der Waals surface area (Å²) in [5.74, 6) is 2.07. The summed E-state index contributed by atoms with van der Waals surface area (Å²) in [4.78, 5) is 30.1. The summed E-state index contributed by atoms with van der Waals surface area (Å²) in [7, 11) is 0. The van der Waals surface area contributed by atoms with E-state index in [0.29, 0.717) is 30.6 Å². The molecule has 154 valence electrons. The third kappa shape index (κ3) is 3.50. The first-order valence-electron chi connectivity index (χ1n) is 10.7. The Labute approximate surface area is 169 Å². The Balaban J connectivity index is 1.26. The lowest BCUT2D eigenvalue weighted by Gasteiger charge is -2.42. The Morgan fingerprint density at radius 3 is 2.97 bits per heavy atom. The van der Waals surface area contributed by atoms with Gasteiger partial charge in [0.2, 0.25) is 11.8 Å². The van der Waals surface area contributed by atoms with Crippen molar-refractivity contribution in [3.63, 3.8) is 0 Å². The average Bonchev–Trinajstić information content (AvgIpc) is 3.41. The first-order chi connectivity index (χ1) is 14.2. The van der Waals surface area contributed by atoms with E-state index in [1.165, 1.54) is 12.8 Å². The van der Waals surface area contributed by atoms with Crippen LogP contribution in [0.15, 0.2) is 27.5 Å². The summed E-state index contributed by atoms with van der Waals surface area (Å²) in [5, 5.41) is 10.5. The molecule has 8 heteroatoms. The van der Waals surface area contributed by atoms with E-state index in [1.807, 2.05) is 6.07 Å². The van der Waals surface area contributed by atoms with Gasteiger partial charge in [0.15, 0.2) is 5.82 Å². The van der Waals surface area contributed by atoms with E-state index in [-0.39, 0.29) is 17.4 Å². The van der Waals surface area contributed by atoms with Crippen molar-refractivity contribution >= 4 is 5.91 Å². The van der Waals surface area contributed by atoms with Crippen LogP contribution in [0.3, 0.4) is 0 Å². The average molecular weight is 397 g/mol. The highest BCUT2D eigenvalue weighted by molar-refractivity contribution is 5.81. The Bertz CT molecular complexity index is 946. The Hall–Kier alpha value is -2.48. The third-order valence-electron chi connectivity index (χ3n) is 6.65. The van der Waals surface area contributed by atoms with Crippen LogP contribution in [0.1, 0.15) is 67.4 Å². The lowest BCUT2D eigenvalue weighted by molar-refractivity contribution is -0.126. The Morgan fingerprint density at radius 1 is 1.24 bits per heavy atom. The number of nitrogens with one attached hydrogen (secondary N) is 2. The van der Waals surface area contributed by atoms with Crippen LogP contribution in [0.25, 0.3) is 0 Å². The summed E-state index contributed by atoms with van der Waals surface area (Å²) in [6, 6.07) is 4.83. The van der Waals surface area contributed by atoms with Gasteiger partial charge in [-0.25, -0.2) is 0 Å². The SMILES string of the molecule is O=C(NCCc1noc(C2CCCC2)n1)[C@H]1[C@@H]2CNC[C@@H](C2)c2cccc(=O)n21. The number of hydrogen-bond acceptors (Lipinski definition) is 6. The molecule has 1 saturated heterocycles. The smallest absolute Gasteiger partial charge is 0.251 e. The number of fused-ring (bicyclic) bond motifs is 4. The molecule has 1 aliphatic carbocycles. The van der Waals surface area contributed by atoms with Gasteiger partial charge in [-0.2, -0.15) is 4.98 Å². The maximum absolute atomic E-state index is 13.1. The van der Waals surface area contributed by atoms with Crippen molar-refractivity contribution in [1.29, 1.82) is 0 Å². The molecule has 0 radical (unpaired) electrons. The molecular formula is C21H27N5O3. The number of pyridine rings is 1. The summed E-state index contributed by atoms with van der Waals surface area (Å²) in [6.07, 6.45) is 6.13. The van der Waals surface area contributed by atoms with Gasteiger partial charge < -0.3 is 15.2 Å². The Kier molecular flexibility index (Phi) is 4.95. The van der Waals surface area contributed by atoms with Crippen molar-refractivity contribution < 1.29 is 9.32 Å². The van der Waals surface area contributed by atoms with Crippen LogP contribution in [0, 0.1) is 5.92 Å². The second-order valence-electron chi connectivity index (χ2n) is 8.53. The first kappa shape index (κ1) is 18.5. The lowest BCUT2D eigenvalue weighted by atomic mass is 9.79. The highest BCUT2D eigenvalue weighted by atomic mass is 16.5. The zero-order valence-corrected chi connectivity index (χ0v) is 16.5. The fourth-order valence-electron chi connectivity index (χ4n) is 5.24. The van der Waals surface area contributed by atoms with Crippen molar-refractivity contribution in [3.8, 4) is 0 Å². The van der Waals surface area contributed by atoms with Gasteiger partial charge in [-0.1, -0.05) is 24.1 Å². The van der Waals surface area contributed by atoms with Gasteiger partial charge in [0.05, 0.1) is 0 Å². The van der Waals surface area contributed by atoms with Crippen LogP contribution in [0.5, 0.6) is 0 Å². The van der Waals surface area contributed by atoms with E-state index >= 15 is 0 Å². The molecule has 3 aliphatic rings. The minimum Gasteiger partial charge on any atom is -0.354 e. The quantitative estimate of drug-likeness (QED) is 0.793. The molecule has 5 rings (SSSR count). The molecule has 2 bridgehead atoms. The van der Waals surface area contributed by atoms with Crippen molar-refractivity contribution in [2.75, 3.05) is 19.6 Å². The molecule has 2 aromatic rings. The van der Waals surface area contributed by atoms with Crippen molar-refractivity contribution in [3.05, 3.63) is 46.0 Å². The molecule has 29 heavy (non-hydrogen) atoms. The molecule has 2 aromatic heterocycles. The molecule has 8 nitrogen and oxygen atoms in total. The van der Waals surface area contributed by atoms with Crippen LogP contribution in [-0.4, -0.2) is 40.2 Å². The largest absolute Gasteiger partial charge is 0.354 e. The van der Waals surface area contributed by atoms with Crippen LogP contribution < -0.4 is 16.2 Å². The molecule has 2 N–H and O–H groups in total. The van der Waals surface area contributed by atoms with E-state index in [9.17, 15) is 9.59 Å². The van der Waals surface area contributed by atoms with Crippen molar-refractivity contribution in [2.24, 2.45) is 5.92 Å². The number of nitrogens with zero attached hydrogens (tertiary/aromatic N) is 3. The molecule has 0 spiro atoms. The highest BCUT2D eigenvalue weighted by Gasteiger charge is 2.41. The molecule has 0 aromatic carbocycles. The number of amides is 1. The van der Waals surface area contributed by atoms with Gasteiger partial charge in [-0.05, 0) is 25.3 Å². The van der Waals surface area contributed by atoms with E-state index in [1.54, 1.807) is 16.7 Å². The molecule has 0 unspecified atom stereocenters. The van der Waals surface area contributed by atoms with Crippen LogP contribution >= 0.6 is 0 Å². The normalized spacial score (nSPS) is 26.3. The van der Waals surface area contributed by atoms with Gasteiger partial charge in [0, 0.05) is 55.6 Å². The van der Waals surface area contributed by atoms with E-state index in [0.717, 1.165) is 43.9 Å². The van der Waals surface area contributed by atoms with Crippen LogP contribution in [0.2, 0.25) is 0 Å². The minimum atomic E-state index is -0.470. The zero-order valence-electron chi connectivity index (χ0n) is 16.5. The van der Waals surface area contributed by atoms with Gasteiger partial charge in [0.25, 0.3) is 5.56 Å². The summed E-state index contributed by atoms with van der Waals surface area (Å²) in [6.45, 7) is 2.04. The van der Waals surface area contributed by atoms with E-state index < -0.39 is 6.04 Å². The predicted molar refractivity (Wildman–Crippen MR) is 106 cm³/mol. The fraction of sp³-hybridized carbons (Fsp3) is 0.619. The molecule has 4 heterocycles. The van der Waals surface area contributed by atoms with Gasteiger partial charge >= 0.3 is 0 Å². The maximum atomic E-state index is 13.1. The maximum Gasteiger partial charge on any atom is 0.251 e. The number of rotatable bonds is 5. The molecule has 1 saturated carbocycles. The molecule has 2 aliphatic heterocycles. The first-order valence-corrected chi connectivity index (χ1v) is 10.7. The second-order valence-corrected chi connectivity index (χ2v) is 8.53. The van der Waals surface area contributed by atoms with Crippen LogP contribution in [0.4, 0.5) is 0 Å². The van der Waals surface area contributed by atoms with Gasteiger partial charge in [-0.3, -0.25) is 14.2 Å². The standard InChI is InChI=1S/C21H27N5O3/c27-18-7-3-6-16-14-10-15(12-22-11-14)19(26(16)18)20(28)23-9-8-17-24-21(29-25-17)13-4-1-2-5-13/h3,6-7,13-15,19,22H,1-2,4-5,8-12H2,(H,23,28)/t14-,15+,19-/m1/s1. The van der Waals surface area contributed by atoms with Crippen LogP contribution in [-0.2, 0) is 11.2 Å². The second kappa shape index (κ2) is 7.74. The monoisotopic (exact) mass is 397 g/mol. The number of carbonyl (C=O) groups excluding carboxylic acids is 1. The summed E-state index contributed by atoms with van der Waals surface area (Å²) in [5.41, 5.74) is 0.860. The van der Waals surface area contributed by atoms with Crippen molar-refractivity contribution in [2.45, 2.75) is 56.4 Å². The summed E-state index contributed by atoms with van der Waals surface area (Å²) >= 11 is 0. The van der Waals surface area contributed by atoms with Gasteiger partial charge in [0.1, 0.15) is 6.04 Å². The lowest BCUT2D eigenvalue weighted by Crippen LogP contribution is -2.52. The summed E-state index contributed by atoms with van der Waals surface area (Å²) < 4.78 is 7.12. The molecular weight excluding hydrogens is 370 g/mol. The van der Waals surface area contributed by atoms with E-state index in [2.05, 4.69) is 20.8 Å². The molecule has 2 fully saturated rings. The topological polar surface area (TPSA) is 102 Å². The minimum absolute atomic E-state index is 0.0985. The predicted octanol–water partition coefficient (Wildman–Crippen LogP) is 1.50. The number of carbonyl (C=O) groups is 1. The third-order valence-corrected chi connectivity index (χ3v) is 6.65.